The second-order valence-electron chi connectivity index (χ2n) is 6.59. The van der Waals surface area contributed by atoms with E-state index in [-0.39, 0.29) is 11.9 Å². The molecule has 0 saturated heterocycles. The third-order valence-corrected chi connectivity index (χ3v) is 3.94. The molecule has 0 aliphatic heterocycles. The first-order valence-corrected chi connectivity index (χ1v) is 8.43. The largest absolute Gasteiger partial charge is 0.300 e. The van der Waals surface area contributed by atoms with Crippen molar-refractivity contribution < 1.29 is 14.6 Å². The fraction of sp³-hybridized carbons (Fsp3) is 0.381. The van der Waals surface area contributed by atoms with Crippen LogP contribution in [0, 0.1) is 0 Å². The zero-order chi connectivity index (χ0) is 17.4. The van der Waals surface area contributed by atoms with E-state index in [0.29, 0.717) is 12.8 Å². The molecule has 0 fully saturated rings. The van der Waals surface area contributed by atoms with Crippen molar-refractivity contribution in [1.82, 2.24) is 0 Å². The van der Waals surface area contributed by atoms with Gasteiger partial charge in [-0.2, -0.15) is 0 Å². The maximum Gasteiger partial charge on any atom is 0.135 e. The Morgan fingerprint density at radius 2 is 1.58 bits per heavy atom. The standard InChI is InChI=1S/C21H26O3/c1-17(16-20(22)15-14-18-10-6-4-7-11-18)23-24-21(2,3)19-12-8-5-9-13-19/h4-13,17H,14-16H2,1-3H3/t17-/m1/s1. The smallest absolute Gasteiger partial charge is 0.135 e. The van der Waals surface area contributed by atoms with Crippen molar-refractivity contribution in [2.45, 2.75) is 51.7 Å². The van der Waals surface area contributed by atoms with Gasteiger partial charge in [-0.3, -0.25) is 4.79 Å². The molecule has 24 heavy (non-hydrogen) atoms. The summed E-state index contributed by atoms with van der Waals surface area (Å²) in [6, 6.07) is 19.9. The number of hydrogen-bond acceptors (Lipinski definition) is 3. The number of rotatable bonds is 9. The van der Waals surface area contributed by atoms with E-state index in [0.717, 1.165) is 12.0 Å². The quantitative estimate of drug-likeness (QED) is 0.488. The molecule has 0 heterocycles. The van der Waals surface area contributed by atoms with Gasteiger partial charge >= 0.3 is 0 Å². The molecule has 0 radical (unpaired) electrons. The van der Waals surface area contributed by atoms with E-state index in [4.69, 9.17) is 9.78 Å². The first-order valence-electron chi connectivity index (χ1n) is 8.43. The van der Waals surface area contributed by atoms with E-state index in [9.17, 15) is 4.79 Å². The van der Waals surface area contributed by atoms with E-state index in [1.165, 1.54) is 5.56 Å². The number of carbonyl (C=O) groups excluding carboxylic acids is 1. The van der Waals surface area contributed by atoms with Gasteiger partial charge in [-0.25, -0.2) is 9.78 Å². The minimum atomic E-state index is -0.553. The Bertz CT molecular complexity index is 620. The Kier molecular flexibility index (Phi) is 6.71. The van der Waals surface area contributed by atoms with Crippen molar-refractivity contribution in [2.24, 2.45) is 0 Å². The summed E-state index contributed by atoms with van der Waals surface area (Å²) in [6.07, 6.45) is 1.39. The highest BCUT2D eigenvalue weighted by molar-refractivity contribution is 5.79. The summed E-state index contributed by atoms with van der Waals surface area (Å²) in [6.45, 7) is 5.76. The molecule has 3 heteroatoms. The summed E-state index contributed by atoms with van der Waals surface area (Å²) in [7, 11) is 0. The summed E-state index contributed by atoms with van der Waals surface area (Å²) in [4.78, 5) is 23.1. The Hall–Kier alpha value is -1.97. The lowest BCUT2D eigenvalue weighted by Gasteiger charge is -2.26. The third-order valence-electron chi connectivity index (χ3n) is 3.94. The molecule has 0 spiro atoms. The van der Waals surface area contributed by atoms with Gasteiger partial charge in [-0.15, -0.1) is 0 Å². The van der Waals surface area contributed by atoms with Crippen molar-refractivity contribution >= 4 is 5.78 Å². The van der Waals surface area contributed by atoms with E-state index < -0.39 is 5.60 Å². The Morgan fingerprint density at radius 1 is 1.00 bits per heavy atom. The van der Waals surface area contributed by atoms with Crippen LogP contribution in [0.5, 0.6) is 0 Å². The molecule has 0 aliphatic carbocycles. The lowest BCUT2D eigenvalue weighted by atomic mass is 9.99. The third kappa shape index (κ3) is 5.91. The number of benzene rings is 2. The zero-order valence-electron chi connectivity index (χ0n) is 14.7. The van der Waals surface area contributed by atoms with E-state index in [1.54, 1.807) is 0 Å². The van der Waals surface area contributed by atoms with Gasteiger partial charge in [0.1, 0.15) is 11.4 Å². The molecule has 0 N–H and O–H groups in total. The molecular formula is C21H26O3. The molecular weight excluding hydrogens is 300 g/mol. The second kappa shape index (κ2) is 8.76. The average Bonchev–Trinajstić information content (AvgIpc) is 2.60. The molecule has 2 aromatic carbocycles. The van der Waals surface area contributed by atoms with Crippen molar-refractivity contribution in [3.05, 3.63) is 71.8 Å². The zero-order valence-corrected chi connectivity index (χ0v) is 14.7. The Balaban J connectivity index is 1.74. The van der Waals surface area contributed by atoms with E-state index in [2.05, 4.69) is 0 Å². The monoisotopic (exact) mass is 326 g/mol. The van der Waals surface area contributed by atoms with Gasteiger partial charge in [-0.05, 0) is 38.3 Å². The topological polar surface area (TPSA) is 35.5 Å². The summed E-state index contributed by atoms with van der Waals surface area (Å²) < 4.78 is 0. The Labute approximate surface area is 144 Å². The fourth-order valence-electron chi connectivity index (χ4n) is 2.48. The predicted molar refractivity (Wildman–Crippen MR) is 95.5 cm³/mol. The summed E-state index contributed by atoms with van der Waals surface area (Å²) in [5, 5.41) is 0. The van der Waals surface area contributed by atoms with Crippen molar-refractivity contribution in [3.63, 3.8) is 0 Å². The van der Waals surface area contributed by atoms with Crippen LogP contribution in [0.1, 0.15) is 44.7 Å². The number of Topliss-reactive ketones (excluding diaryl/α,β-unsaturated/α-hetero) is 1. The minimum Gasteiger partial charge on any atom is -0.300 e. The van der Waals surface area contributed by atoms with Gasteiger partial charge < -0.3 is 0 Å². The molecule has 0 aromatic heterocycles. The molecule has 2 rings (SSSR count). The van der Waals surface area contributed by atoms with Crippen LogP contribution in [0.3, 0.4) is 0 Å². The maximum absolute atomic E-state index is 12.1. The van der Waals surface area contributed by atoms with Crippen LogP contribution >= 0.6 is 0 Å². The van der Waals surface area contributed by atoms with Crippen molar-refractivity contribution in [2.75, 3.05) is 0 Å². The van der Waals surface area contributed by atoms with Crippen LogP contribution in [-0.4, -0.2) is 11.9 Å². The van der Waals surface area contributed by atoms with Crippen LogP contribution in [0.25, 0.3) is 0 Å². The SMILES string of the molecule is C[C@H](CC(=O)CCc1ccccc1)OOC(C)(C)c1ccccc1. The second-order valence-corrected chi connectivity index (χ2v) is 6.59. The van der Waals surface area contributed by atoms with Gasteiger partial charge in [-0.1, -0.05) is 60.7 Å². The van der Waals surface area contributed by atoms with Crippen LogP contribution in [0.2, 0.25) is 0 Å². The molecule has 1 atom stereocenters. The first kappa shape index (κ1) is 18.4. The molecule has 0 unspecified atom stereocenters. The number of hydrogen-bond donors (Lipinski definition) is 0. The maximum atomic E-state index is 12.1. The lowest BCUT2D eigenvalue weighted by Crippen LogP contribution is -2.25. The van der Waals surface area contributed by atoms with Crippen LogP contribution in [0.4, 0.5) is 0 Å². The van der Waals surface area contributed by atoms with Crippen LogP contribution in [-0.2, 0) is 26.6 Å². The molecule has 128 valence electrons. The lowest BCUT2D eigenvalue weighted by molar-refractivity contribution is -0.378. The minimum absolute atomic E-state index is 0.187. The Morgan fingerprint density at radius 3 is 2.21 bits per heavy atom. The fourth-order valence-corrected chi connectivity index (χ4v) is 2.48. The van der Waals surface area contributed by atoms with Gasteiger partial charge in [0.05, 0.1) is 6.10 Å². The molecule has 3 nitrogen and oxygen atoms in total. The van der Waals surface area contributed by atoms with Crippen molar-refractivity contribution in [3.8, 4) is 0 Å². The van der Waals surface area contributed by atoms with Gasteiger partial charge in [0, 0.05) is 12.8 Å². The summed E-state index contributed by atoms with van der Waals surface area (Å²) in [5.74, 6) is 0.187. The number of ketones is 1. The van der Waals surface area contributed by atoms with Crippen LogP contribution in [0.15, 0.2) is 60.7 Å². The molecule has 0 amide bonds. The highest BCUT2D eigenvalue weighted by atomic mass is 17.2. The highest BCUT2D eigenvalue weighted by Gasteiger charge is 2.24. The van der Waals surface area contributed by atoms with Gasteiger partial charge in [0.15, 0.2) is 0 Å². The average molecular weight is 326 g/mol. The predicted octanol–water partition coefficient (Wildman–Crippen LogP) is 4.85. The summed E-state index contributed by atoms with van der Waals surface area (Å²) in [5.41, 5.74) is 1.66. The first-order chi connectivity index (χ1) is 11.5. The molecule has 0 aliphatic rings. The molecule has 2 aromatic rings. The van der Waals surface area contributed by atoms with Crippen molar-refractivity contribution in [1.29, 1.82) is 0 Å². The van der Waals surface area contributed by atoms with Gasteiger partial charge in [0.2, 0.25) is 0 Å². The van der Waals surface area contributed by atoms with E-state index >= 15 is 0 Å². The highest BCUT2D eigenvalue weighted by Crippen LogP contribution is 2.25. The molecule has 0 saturated carbocycles. The number of carbonyl (C=O) groups is 1. The van der Waals surface area contributed by atoms with E-state index in [1.807, 2.05) is 81.4 Å². The normalized spacial score (nSPS) is 12.8. The number of aryl methyl sites for hydroxylation is 1. The summed E-state index contributed by atoms with van der Waals surface area (Å²) >= 11 is 0. The van der Waals surface area contributed by atoms with Crippen LogP contribution < -0.4 is 0 Å². The molecule has 0 bridgehead atoms. The van der Waals surface area contributed by atoms with Gasteiger partial charge in [0.25, 0.3) is 0 Å².